The minimum Gasteiger partial charge on any atom is -0.393 e. The molecule has 10 heteroatoms. The number of hydrogen-bond acceptors (Lipinski definition) is 6. The Hall–Kier alpha value is -3.24. The first-order chi connectivity index (χ1) is 17.6. The van der Waals surface area contributed by atoms with Crippen LogP contribution in [0.25, 0.3) is 10.9 Å². The SMILES string of the molecule is CC1OCc2c1c(N)nc1ccc(C(=O)N(Cc3ccc(C(F)(F)F)cn3)C[C@H]3CC[C@H](O)CC3)cc21. The highest BCUT2D eigenvalue weighted by Gasteiger charge is 2.31. The summed E-state index contributed by atoms with van der Waals surface area (Å²) < 4.78 is 44.7. The molecule has 3 aromatic rings. The number of alkyl halides is 3. The maximum atomic E-state index is 13.8. The summed E-state index contributed by atoms with van der Waals surface area (Å²) in [6, 6.07) is 7.54. The first-order valence-corrected chi connectivity index (χ1v) is 12.4. The van der Waals surface area contributed by atoms with Crippen LogP contribution in [0, 0.1) is 5.92 Å². The van der Waals surface area contributed by atoms with Crippen LogP contribution in [0.1, 0.15) is 71.5 Å². The molecule has 3 heterocycles. The Kier molecular flexibility index (Phi) is 6.80. The van der Waals surface area contributed by atoms with Crippen LogP contribution in [0.15, 0.2) is 36.5 Å². The molecule has 1 saturated carbocycles. The van der Waals surface area contributed by atoms with Gasteiger partial charge in [-0.3, -0.25) is 9.78 Å². The van der Waals surface area contributed by atoms with Crippen LogP contribution in [0.2, 0.25) is 0 Å². The molecule has 3 N–H and O–H groups in total. The van der Waals surface area contributed by atoms with Gasteiger partial charge in [-0.2, -0.15) is 13.2 Å². The normalized spacial score (nSPS) is 21.7. The van der Waals surface area contributed by atoms with E-state index in [1.54, 1.807) is 23.1 Å². The zero-order chi connectivity index (χ0) is 26.3. The van der Waals surface area contributed by atoms with E-state index >= 15 is 0 Å². The van der Waals surface area contributed by atoms with E-state index in [2.05, 4.69) is 9.97 Å². The lowest BCUT2D eigenvalue weighted by Crippen LogP contribution is -2.37. The number of ether oxygens (including phenoxy) is 1. The Morgan fingerprint density at radius 2 is 1.95 bits per heavy atom. The first kappa shape index (κ1) is 25.4. The van der Waals surface area contributed by atoms with Gasteiger partial charge >= 0.3 is 6.18 Å². The maximum Gasteiger partial charge on any atom is 0.417 e. The molecule has 196 valence electrons. The monoisotopic (exact) mass is 514 g/mol. The minimum absolute atomic E-state index is 0.0757. The first-order valence-electron chi connectivity index (χ1n) is 12.4. The van der Waals surface area contributed by atoms with Crippen molar-refractivity contribution >= 4 is 22.6 Å². The number of anilines is 1. The molecule has 1 unspecified atom stereocenters. The number of aromatic nitrogens is 2. The number of carbonyl (C=O) groups excluding carboxylic acids is 1. The number of aliphatic hydroxyl groups excluding tert-OH is 1. The second-order valence-electron chi connectivity index (χ2n) is 9.97. The number of aliphatic hydroxyl groups is 1. The molecule has 1 fully saturated rings. The lowest BCUT2D eigenvalue weighted by atomic mass is 9.87. The number of amides is 1. The molecule has 2 aliphatic rings. The molecule has 0 radical (unpaired) electrons. The highest BCUT2D eigenvalue weighted by atomic mass is 19.4. The molecule has 2 aromatic heterocycles. The van der Waals surface area contributed by atoms with E-state index in [0.717, 1.165) is 41.6 Å². The van der Waals surface area contributed by atoms with Crippen LogP contribution in [0.5, 0.6) is 0 Å². The molecule has 1 amide bonds. The van der Waals surface area contributed by atoms with Gasteiger partial charge < -0.3 is 20.5 Å². The summed E-state index contributed by atoms with van der Waals surface area (Å²) in [7, 11) is 0. The molecule has 1 aliphatic carbocycles. The van der Waals surface area contributed by atoms with Gasteiger partial charge in [-0.05, 0) is 74.4 Å². The van der Waals surface area contributed by atoms with Crippen LogP contribution in [0.3, 0.4) is 0 Å². The lowest BCUT2D eigenvalue weighted by molar-refractivity contribution is -0.137. The van der Waals surface area contributed by atoms with Crippen molar-refractivity contribution in [3.63, 3.8) is 0 Å². The van der Waals surface area contributed by atoms with Gasteiger partial charge in [0.25, 0.3) is 5.91 Å². The van der Waals surface area contributed by atoms with Gasteiger partial charge in [0, 0.05) is 29.3 Å². The number of benzene rings is 1. The van der Waals surface area contributed by atoms with E-state index in [-0.39, 0.29) is 30.6 Å². The average molecular weight is 515 g/mol. The molecule has 37 heavy (non-hydrogen) atoms. The third-order valence-electron chi connectivity index (χ3n) is 7.38. The summed E-state index contributed by atoms with van der Waals surface area (Å²) in [4.78, 5) is 23.9. The van der Waals surface area contributed by atoms with Gasteiger partial charge in [0.05, 0.1) is 42.1 Å². The third-order valence-corrected chi connectivity index (χ3v) is 7.38. The Bertz CT molecular complexity index is 1300. The molecule has 0 bridgehead atoms. The van der Waals surface area contributed by atoms with Crippen molar-refractivity contribution in [3.8, 4) is 0 Å². The van der Waals surface area contributed by atoms with Gasteiger partial charge in [0.15, 0.2) is 0 Å². The van der Waals surface area contributed by atoms with Crippen LogP contribution in [-0.2, 0) is 24.1 Å². The second-order valence-corrected chi connectivity index (χ2v) is 9.97. The van der Waals surface area contributed by atoms with Crippen molar-refractivity contribution in [3.05, 3.63) is 64.5 Å². The Morgan fingerprint density at radius 1 is 1.19 bits per heavy atom. The van der Waals surface area contributed by atoms with Crippen LogP contribution in [0.4, 0.5) is 19.0 Å². The Balaban J connectivity index is 1.45. The van der Waals surface area contributed by atoms with E-state index in [0.29, 0.717) is 48.6 Å². The Labute approximate surface area is 212 Å². The number of nitrogen functional groups attached to an aromatic ring is 1. The second kappa shape index (κ2) is 9.90. The van der Waals surface area contributed by atoms with Gasteiger partial charge in [0.1, 0.15) is 5.82 Å². The highest BCUT2D eigenvalue weighted by Crippen LogP contribution is 2.38. The van der Waals surface area contributed by atoms with Crippen molar-refractivity contribution in [1.29, 1.82) is 0 Å². The number of fused-ring (bicyclic) bond motifs is 3. The number of nitrogens with two attached hydrogens (primary N) is 1. The molecular formula is C27H29F3N4O3. The van der Waals surface area contributed by atoms with E-state index in [9.17, 15) is 23.1 Å². The molecule has 0 spiro atoms. The number of carbonyl (C=O) groups is 1. The molecular weight excluding hydrogens is 485 g/mol. The molecule has 1 aromatic carbocycles. The topological polar surface area (TPSA) is 102 Å². The van der Waals surface area contributed by atoms with E-state index in [1.807, 2.05) is 6.92 Å². The standard InChI is InChI=1S/C27H29F3N4O3/c1-15-24-22(14-37-15)21-10-17(4-9-23(21)33-25(24)31)26(36)34(12-16-2-7-20(35)8-3-16)13-19-6-5-18(11-32-19)27(28,29)30/h4-6,9-11,15-16,20,35H,2-3,7-8,12-14H2,1H3,(H2,31,33)/t15?,16-,20-. The van der Waals surface area contributed by atoms with Crippen molar-refractivity contribution < 1.29 is 27.8 Å². The predicted molar refractivity (Wildman–Crippen MR) is 131 cm³/mol. The minimum atomic E-state index is -4.48. The summed E-state index contributed by atoms with van der Waals surface area (Å²) in [5, 5.41) is 10.7. The molecule has 1 aliphatic heterocycles. The Morgan fingerprint density at radius 3 is 2.62 bits per heavy atom. The largest absolute Gasteiger partial charge is 0.417 e. The predicted octanol–water partition coefficient (Wildman–Crippen LogP) is 5.02. The van der Waals surface area contributed by atoms with E-state index in [1.165, 1.54) is 6.07 Å². The third kappa shape index (κ3) is 5.26. The molecule has 1 atom stereocenters. The fourth-order valence-corrected chi connectivity index (χ4v) is 5.32. The van der Waals surface area contributed by atoms with Gasteiger partial charge in [-0.15, -0.1) is 0 Å². The summed E-state index contributed by atoms with van der Waals surface area (Å²) in [5.74, 6) is 0.357. The average Bonchev–Trinajstić information content (AvgIpc) is 3.26. The zero-order valence-corrected chi connectivity index (χ0v) is 20.5. The lowest BCUT2D eigenvalue weighted by Gasteiger charge is -2.31. The summed E-state index contributed by atoms with van der Waals surface area (Å²) in [6.07, 6.45) is -1.32. The highest BCUT2D eigenvalue weighted by molar-refractivity contribution is 5.99. The number of pyridine rings is 2. The van der Waals surface area contributed by atoms with Crippen molar-refractivity contribution in [2.24, 2.45) is 5.92 Å². The molecule has 7 nitrogen and oxygen atoms in total. The van der Waals surface area contributed by atoms with E-state index in [4.69, 9.17) is 10.5 Å². The number of hydrogen-bond donors (Lipinski definition) is 2. The number of halogens is 3. The quantitative estimate of drug-likeness (QED) is 0.496. The summed E-state index contributed by atoms with van der Waals surface area (Å²) in [6.45, 7) is 2.78. The maximum absolute atomic E-state index is 13.8. The van der Waals surface area contributed by atoms with Gasteiger partial charge in [-0.25, -0.2) is 4.98 Å². The van der Waals surface area contributed by atoms with Gasteiger partial charge in [-0.1, -0.05) is 0 Å². The van der Waals surface area contributed by atoms with Crippen LogP contribution in [-0.4, -0.2) is 38.5 Å². The number of nitrogens with zero attached hydrogens (tertiary/aromatic N) is 3. The summed E-state index contributed by atoms with van der Waals surface area (Å²) in [5.41, 5.74) is 8.56. The molecule has 0 saturated heterocycles. The molecule has 5 rings (SSSR count). The van der Waals surface area contributed by atoms with Crippen molar-refractivity contribution in [2.45, 2.75) is 64.1 Å². The zero-order valence-electron chi connectivity index (χ0n) is 20.5. The van der Waals surface area contributed by atoms with Crippen molar-refractivity contribution in [1.82, 2.24) is 14.9 Å². The van der Waals surface area contributed by atoms with Gasteiger partial charge in [0.2, 0.25) is 0 Å². The number of rotatable bonds is 5. The van der Waals surface area contributed by atoms with Crippen LogP contribution < -0.4 is 5.73 Å². The summed E-state index contributed by atoms with van der Waals surface area (Å²) >= 11 is 0. The fourth-order valence-electron chi connectivity index (χ4n) is 5.32. The fraction of sp³-hybridized carbons (Fsp3) is 0.444. The van der Waals surface area contributed by atoms with Crippen LogP contribution >= 0.6 is 0 Å². The van der Waals surface area contributed by atoms with Crippen molar-refractivity contribution in [2.75, 3.05) is 12.3 Å². The van der Waals surface area contributed by atoms with E-state index < -0.39 is 11.7 Å². The smallest absolute Gasteiger partial charge is 0.393 e.